The summed E-state index contributed by atoms with van der Waals surface area (Å²) < 4.78 is 2.01. The first kappa shape index (κ1) is 15.6. The maximum atomic E-state index is 7.46. The van der Waals surface area contributed by atoms with Crippen molar-refractivity contribution in [2.75, 3.05) is 0 Å². The molecule has 3 aromatic carbocycles. The smallest absolute Gasteiger partial charge is 0.295 e. The van der Waals surface area contributed by atoms with Crippen molar-refractivity contribution in [3.05, 3.63) is 89.7 Å². The molecular formula is C24H11N5. The fourth-order valence-electron chi connectivity index (χ4n) is 4.22. The lowest BCUT2D eigenvalue weighted by Crippen LogP contribution is -1.96. The minimum absolute atomic E-state index is 0.0335. The molecule has 0 amide bonds. The van der Waals surface area contributed by atoms with E-state index in [1.54, 1.807) is 0 Å². The van der Waals surface area contributed by atoms with Gasteiger partial charge in [0.05, 0.1) is 5.52 Å². The molecule has 3 heterocycles. The monoisotopic (exact) mass is 369 g/mol. The van der Waals surface area contributed by atoms with E-state index in [0.717, 1.165) is 37.8 Å². The molecule has 0 aliphatic carbocycles. The lowest BCUT2D eigenvalue weighted by Gasteiger charge is -2.08. The summed E-state index contributed by atoms with van der Waals surface area (Å²) in [5.74, 6) is 0.0731. The summed E-state index contributed by atoms with van der Waals surface area (Å²) in [5.41, 5.74) is 2.27. The molecule has 3 aromatic heterocycles. The first-order valence-corrected chi connectivity index (χ1v) is 9.10. The Kier molecular flexibility index (Phi) is 2.96. The van der Waals surface area contributed by atoms with Gasteiger partial charge in [0.15, 0.2) is 0 Å². The Morgan fingerprint density at radius 1 is 0.690 bits per heavy atom. The van der Waals surface area contributed by atoms with Gasteiger partial charge < -0.3 is 9.69 Å². The summed E-state index contributed by atoms with van der Waals surface area (Å²) in [7, 11) is 0. The van der Waals surface area contributed by atoms with Gasteiger partial charge in [-0.25, -0.2) is 0 Å². The third-order valence-electron chi connectivity index (χ3n) is 5.43. The van der Waals surface area contributed by atoms with E-state index in [2.05, 4.69) is 56.1 Å². The lowest BCUT2D eigenvalue weighted by atomic mass is 10.0. The minimum Gasteiger partial charge on any atom is -0.370 e. The maximum Gasteiger partial charge on any atom is 0.295 e. The van der Waals surface area contributed by atoms with Crippen LogP contribution in [0.5, 0.6) is 0 Å². The van der Waals surface area contributed by atoms with Crippen LogP contribution in [0.4, 0.5) is 11.6 Å². The van der Waals surface area contributed by atoms with Crippen LogP contribution in [-0.4, -0.2) is 14.4 Å². The highest BCUT2D eigenvalue weighted by Crippen LogP contribution is 2.39. The molecule has 0 atom stereocenters. The molecule has 29 heavy (non-hydrogen) atoms. The fourth-order valence-corrected chi connectivity index (χ4v) is 4.22. The summed E-state index contributed by atoms with van der Waals surface area (Å²) in [4.78, 5) is 16.1. The van der Waals surface area contributed by atoms with E-state index in [0.29, 0.717) is 11.2 Å². The molecule has 0 aliphatic rings. The van der Waals surface area contributed by atoms with Gasteiger partial charge in [-0.15, -0.1) is 9.97 Å². The van der Waals surface area contributed by atoms with Crippen LogP contribution >= 0.6 is 0 Å². The van der Waals surface area contributed by atoms with Crippen LogP contribution < -0.4 is 0 Å². The zero-order valence-electron chi connectivity index (χ0n) is 15.1. The molecule has 0 fully saturated rings. The van der Waals surface area contributed by atoms with Crippen LogP contribution in [0.1, 0.15) is 0 Å². The third kappa shape index (κ3) is 1.96. The predicted molar refractivity (Wildman–Crippen MR) is 116 cm³/mol. The molecule has 0 radical (unpaired) electrons. The number of benzene rings is 3. The Hall–Kier alpha value is -4.48. The second-order valence-electron chi connectivity index (χ2n) is 6.91. The van der Waals surface area contributed by atoms with Crippen molar-refractivity contribution < 1.29 is 0 Å². The molecule has 0 spiro atoms. The van der Waals surface area contributed by atoms with E-state index in [1.165, 1.54) is 0 Å². The Morgan fingerprint density at radius 2 is 1.38 bits per heavy atom. The highest BCUT2D eigenvalue weighted by molar-refractivity contribution is 6.26. The predicted octanol–water partition coefficient (Wildman–Crippen LogP) is 6.44. The van der Waals surface area contributed by atoms with Crippen molar-refractivity contribution in [2.45, 2.75) is 0 Å². The summed E-state index contributed by atoms with van der Waals surface area (Å²) in [6, 6.07) is 20.6. The normalized spacial score (nSPS) is 11.4. The van der Waals surface area contributed by atoms with Crippen LogP contribution in [0, 0.1) is 13.1 Å². The van der Waals surface area contributed by atoms with Crippen molar-refractivity contribution in [1.29, 1.82) is 0 Å². The molecule has 0 saturated carbocycles. The summed E-state index contributed by atoms with van der Waals surface area (Å²) in [5, 5.41) is 6.39. The molecule has 0 aliphatic heterocycles. The molecule has 5 nitrogen and oxygen atoms in total. The lowest BCUT2D eigenvalue weighted by molar-refractivity contribution is 1.20. The first-order valence-electron chi connectivity index (χ1n) is 9.10. The summed E-state index contributed by atoms with van der Waals surface area (Å²) in [6.07, 6.45) is 2.03. The van der Waals surface area contributed by atoms with E-state index in [9.17, 15) is 0 Å². The molecule has 0 bridgehead atoms. The van der Waals surface area contributed by atoms with Gasteiger partial charge in [-0.2, -0.15) is 0 Å². The van der Waals surface area contributed by atoms with E-state index in [1.807, 2.05) is 34.9 Å². The first-order chi connectivity index (χ1) is 14.3. The summed E-state index contributed by atoms with van der Waals surface area (Å²) >= 11 is 0. The Labute approximate surface area is 165 Å². The van der Waals surface area contributed by atoms with Gasteiger partial charge in [-0.3, -0.25) is 4.40 Å². The number of nitrogens with zero attached hydrogens (tertiary/aromatic N) is 5. The van der Waals surface area contributed by atoms with E-state index >= 15 is 0 Å². The van der Waals surface area contributed by atoms with Crippen LogP contribution in [-0.2, 0) is 0 Å². The summed E-state index contributed by atoms with van der Waals surface area (Å²) in [6.45, 7) is 14.9. The molecule has 132 valence electrons. The number of rotatable bonds is 0. The number of hydrogen-bond acceptors (Lipinski definition) is 2. The van der Waals surface area contributed by atoms with E-state index in [-0.39, 0.29) is 11.6 Å². The number of fused-ring (bicyclic) bond motifs is 10. The molecule has 0 unspecified atom stereocenters. The van der Waals surface area contributed by atoms with Gasteiger partial charge in [-0.05, 0) is 10.8 Å². The van der Waals surface area contributed by atoms with Crippen LogP contribution in [0.3, 0.4) is 0 Å². The topological polar surface area (TPSA) is 38.9 Å². The van der Waals surface area contributed by atoms with E-state index < -0.39 is 0 Å². The maximum absolute atomic E-state index is 7.46. The third-order valence-corrected chi connectivity index (χ3v) is 5.43. The second-order valence-corrected chi connectivity index (χ2v) is 6.91. The number of aromatic nitrogens is 3. The van der Waals surface area contributed by atoms with Crippen molar-refractivity contribution >= 4 is 60.6 Å². The Bertz CT molecular complexity index is 1730. The van der Waals surface area contributed by atoms with Gasteiger partial charge in [0.25, 0.3) is 17.3 Å². The van der Waals surface area contributed by atoms with Crippen LogP contribution in [0.2, 0.25) is 0 Å². The molecular weight excluding hydrogens is 358 g/mol. The van der Waals surface area contributed by atoms with Gasteiger partial charge in [0.2, 0.25) is 5.52 Å². The van der Waals surface area contributed by atoms with Crippen molar-refractivity contribution in [3.8, 4) is 0 Å². The van der Waals surface area contributed by atoms with Gasteiger partial charge in [0, 0.05) is 27.7 Å². The van der Waals surface area contributed by atoms with Gasteiger partial charge in [0.1, 0.15) is 0 Å². The van der Waals surface area contributed by atoms with Gasteiger partial charge >= 0.3 is 0 Å². The van der Waals surface area contributed by atoms with Crippen LogP contribution in [0.25, 0.3) is 58.7 Å². The Morgan fingerprint density at radius 3 is 2.17 bits per heavy atom. The van der Waals surface area contributed by atoms with Crippen molar-refractivity contribution in [2.24, 2.45) is 0 Å². The number of pyridine rings is 1. The Balaban J connectivity index is 2.04. The molecule has 0 N–H and O–H groups in total. The minimum atomic E-state index is 0.0335. The largest absolute Gasteiger partial charge is 0.370 e. The quantitative estimate of drug-likeness (QED) is 0.228. The zero-order chi connectivity index (χ0) is 19.5. The molecule has 0 saturated heterocycles. The fraction of sp³-hybridized carbons (Fsp3) is 0. The van der Waals surface area contributed by atoms with Crippen molar-refractivity contribution in [1.82, 2.24) is 14.4 Å². The molecule has 6 rings (SSSR count). The highest BCUT2D eigenvalue weighted by atomic mass is 15.1. The zero-order valence-corrected chi connectivity index (χ0v) is 15.1. The second kappa shape index (κ2) is 5.51. The average Bonchev–Trinajstić information content (AvgIpc) is 3.17. The molecule has 6 aromatic rings. The van der Waals surface area contributed by atoms with Crippen LogP contribution in [0.15, 0.2) is 66.9 Å². The number of hydrogen-bond donors (Lipinski definition) is 0. The van der Waals surface area contributed by atoms with Crippen molar-refractivity contribution in [3.63, 3.8) is 0 Å². The highest BCUT2D eigenvalue weighted by Gasteiger charge is 2.22. The SMILES string of the molecule is [C-]#[N+]c1nc2c3c4ccccc4ccc3c3c4ccccc4cn3c2nc1[N+]#[C-]. The van der Waals surface area contributed by atoms with Gasteiger partial charge in [-0.1, -0.05) is 73.8 Å². The standard InChI is InChI=1S/C24H11N5/c1-25-22-23(26-2)28-24-20(27-22)19-16-9-5-3-7-14(16)11-12-18(19)21-17-10-6-4-8-15(17)13-29(21)24/h3-13H. The van der Waals surface area contributed by atoms with E-state index in [4.69, 9.17) is 13.1 Å². The average molecular weight is 369 g/mol. The molecule has 5 heteroatoms.